The largest absolute Gasteiger partial charge is 0.726 e. The molecule has 0 aliphatic carbocycles. The minimum atomic E-state index is -4.80. The van der Waals surface area contributed by atoms with Crippen molar-refractivity contribution in [1.82, 2.24) is 5.32 Å². The third kappa shape index (κ3) is 4.69. The second-order valence-electron chi connectivity index (χ2n) is 4.65. The fraction of sp³-hybridized carbons (Fsp3) is 0.900. The minimum absolute atomic E-state index is 0.302. The predicted octanol–water partition coefficient (Wildman–Crippen LogP) is -1.25. The van der Waals surface area contributed by atoms with Crippen molar-refractivity contribution in [1.29, 1.82) is 0 Å². The SMILES string of the molecule is CC(=O)NC1[C@@H](C)OC(COS(=O)(=O)[O-])[C@@H](C)[C@H]1O. The van der Waals surface area contributed by atoms with Crippen LogP contribution < -0.4 is 5.32 Å². The molecule has 1 heterocycles. The summed E-state index contributed by atoms with van der Waals surface area (Å²) in [6.07, 6.45) is -2.19. The van der Waals surface area contributed by atoms with E-state index in [0.717, 1.165) is 0 Å². The average molecular weight is 296 g/mol. The van der Waals surface area contributed by atoms with Gasteiger partial charge in [0.25, 0.3) is 0 Å². The van der Waals surface area contributed by atoms with E-state index in [2.05, 4.69) is 9.50 Å². The van der Waals surface area contributed by atoms with Gasteiger partial charge in [-0.25, -0.2) is 8.42 Å². The van der Waals surface area contributed by atoms with Crippen LogP contribution in [-0.4, -0.2) is 54.9 Å². The van der Waals surface area contributed by atoms with Crippen LogP contribution in [0.1, 0.15) is 20.8 Å². The predicted molar refractivity (Wildman–Crippen MR) is 62.8 cm³/mol. The molecule has 2 N–H and O–H groups in total. The molecule has 19 heavy (non-hydrogen) atoms. The van der Waals surface area contributed by atoms with Gasteiger partial charge in [-0.1, -0.05) is 6.92 Å². The summed E-state index contributed by atoms with van der Waals surface area (Å²) in [7, 11) is -4.80. The molecule has 9 heteroatoms. The molecule has 0 aromatic rings. The van der Waals surface area contributed by atoms with Crippen LogP contribution >= 0.6 is 0 Å². The van der Waals surface area contributed by atoms with E-state index in [0.29, 0.717) is 0 Å². The van der Waals surface area contributed by atoms with Gasteiger partial charge >= 0.3 is 0 Å². The van der Waals surface area contributed by atoms with Gasteiger partial charge in [-0.3, -0.25) is 8.98 Å². The Labute approximate surface area is 112 Å². The lowest BCUT2D eigenvalue weighted by Crippen LogP contribution is -2.60. The number of ether oxygens (including phenoxy) is 1. The summed E-state index contributed by atoms with van der Waals surface area (Å²) >= 11 is 0. The Bertz CT molecular complexity index is 424. The van der Waals surface area contributed by atoms with Crippen LogP contribution in [0.3, 0.4) is 0 Å². The molecule has 8 nitrogen and oxygen atoms in total. The van der Waals surface area contributed by atoms with Gasteiger partial charge in [0, 0.05) is 12.8 Å². The summed E-state index contributed by atoms with van der Waals surface area (Å²) in [6, 6.07) is -0.590. The highest BCUT2D eigenvalue weighted by Gasteiger charge is 2.41. The van der Waals surface area contributed by atoms with Crippen LogP contribution in [0.25, 0.3) is 0 Å². The normalized spacial score (nSPS) is 35.9. The van der Waals surface area contributed by atoms with E-state index >= 15 is 0 Å². The maximum Gasteiger partial charge on any atom is 0.217 e. The number of carbonyl (C=O) groups is 1. The molecule has 0 aromatic heterocycles. The van der Waals surface area contributed by atoms with E-state index in [-0.39, 0.29) is 5.91 Å². The average Bonchev–Trinajstić information content (AvgIpc) is 2.26. The highest BCUT2D eigenvalue weighted by atomic mass is 32.3. The lowest BCUT2D eigenvalue weighted by Gasteiger charge is -2.42. The monoisotopic (exact) mass is 296 g/mol. The van der Waals surface area contributed by atoms with Gasteiger partial charge < -0.3 is 19.7 Å². The molecule has 1 aliphatic heterocycles. The van der Waals surface area contributed by atoms with Crippen molar-refractivity contribution in [3.63, 3.8) is 0 Å². The summed E-state index contributed by atoms with van der Waals surface area (Å²) in [4.78, 5) is 11.0. The summed E-state index contributed by atoms with van der Waals surface area (Å²) in [6.45, 7) is 4.12. The Kier molecular flexibility index (Phi) is 5.27. The zero-order chi connectivity index (χ0) is 14.8. The molecule has 5 atom stereocenters. The molecule has 0 bridgehead atoms. The molecule has 0 radical (unpaired) electrons. The Hall–Kier alpha value is -0.740. The summed E-state index contributed by atoms with van der Waals surface area (Å²) < 4.78 is 40.8. The van der Waals surface area contributed by atoms with E-state index in [1.54, 1.807) is 13.8 Å². The van der Waals surface area contributed by atoms with E-state index in [9.17, 15) is 22.9 Å². The standard InChI is InChI=1S/C10H19NO7S/c1-5-8(4-17-19(14,15)16)18-6(2)9(10(5)13)11-7(3)12/h5-6,8-10,13H,4H2,1-3H3,(H,11,12)(H,14,15,16)/p-1/t5-,6-,8?,9?,10-/m1/s1. The summed E-state index contributed by atoms with van der Waals surface area (Å²) in [5, 5.41) is 12.6. The summed E-state index contributed by atoms with van der Waals surface area (Å²) in [5.41, 5.74) is 0. The maximum absolute atomic E-state index is 11.0. The molecule has 2 unspecified atom stereocenters. The first-order chi connectivity index (χ1) is 8.61. The van der Waals surface area contributed by atoms with Crippen LogP contribution in [0.5, 0.6) is 0 Å². The fourth-order valence-corrected chi connectivity index (χ4v) is 2.39. The van der Waals surface area contributed by atoms with Crippen LogP contribution in [0, 0.1) is 5.92 Å². The van der Waals surface area contributed by atoms with Gasteiger partial charge in [0.05, 0.1) is 31.0 Å². The van der Waals surface area contributed by atoms with Crippen molar-refractivity contribution >= 4 is 16.3 Å². The smallest absolute Gasteiger partial charge is 0.217 e. The zero-order valence-corrected chi connectivity index (χ0v) is 11.7. The molecule has 0 spiro atoms. The van der Waals surface area contributed by atoms with Crippen molar-refractivity contribution in [2.24, 2.45) is 5.92 Å². The van der Waals surface area contributed by atoms with Crippen LogP contribution in [0.2, 0.25) is 0 Å². The van der Waals surface area contributed by atoms with Crippen LogP contribution in [0.4, 0.5) is 0 Å². The first kappa shape index (κ1) is 16.3. The molecule has 0 aromatic carbocycles. The molecule has 1 saturated heterocycles. The third-order valence-electron chi connectivity index (χ3n) is 3.13. The lowest BCUT2D eigenvalue weighted by molar-refractivity contribution is -0.158. The molecular weight excluding hydrogens is 278 g/mol. The molecule has 1 rings (SSSR count). The van der Waals surface area contributed by atoms with Gasteiger partial charge in [-0.15, -0.1) is 0 Å². The second-order valence-corrected chi connectivity index (χ2v) is 5.70. The third-order valence-corrected chi connectivity index (χ3v) is 3.56. The highest BCUT2D eigenvalue weighted by molar-refractivity contribution is 7.80. The maximum atomic E-state index is 11.0. The molecule has 1 aliphatic rings. The fourth-order valence-electron chi connectivity index (χ4n) is 2.09. The number of nitrogens with one attached hydrogen (secondary N) is 1. The summed E-state index contributed by atoms with van der Waals surface area (Å²) in [5.74, 6) is -0.793. The van der Waals surface area contributed by atoms with Crippen molar-refractivity contribution in [3.8, 4) is 0 Å². The lowest BCUT2D eigenvalue weighted by atomic mass is 9.87. The van der Waals surface area contributed by atoms with Gasteiger partial charge in [-0.2, -0.15) is 0 Å². The first-order valence-electron chi connectivity index (χ1n) is 5.82. The molecule has 112 valence electrons. The Morgan fingerprint density at radius 2 is 2.05 bits per heavy atom. The first-order valence-corrected chi connectivity index (χ1v) is 7.16. The Morgan fingerprint density at radius 3 is 2.53 bits per heavy atom. The minimum Gasteiger partial charge on any atom is -0.726 e. The Balaban J connectivity index is 2.69. The van der Waals surface area contributed by atoms with Gasteiger partial charge in [0.2, 0.25) is 16.3 Å². The van der Waals surface area contributed by atoms with Crippen molar-refractivity contribution < 1.29 is 31.8 Å². The molecule has 1 fully saturated rings. The number of hydrogen-bond donors (Lipinski definition) is 2. The molecule has 0 saturated carbocycles. The highest BCUT2D eigenvalue weighted by Crippen LogP contribution is 2.26. The van der Waals surface area contributed by atoms with Crippen molar-refractivity contribution in [3.05, 3.63) is 0 Å². The number of amides is 1. The van der Waals surface area contributed by atoms with E-state index in [1.165, 1.54) is 6.92 Å². The van der Waals surface area contributed by atoms with Gasteiger partial charge in [0.15, 0.2) is 0 Å². The Morgan fingerprint density at radius 1 is 1.47 bits per heavy atom. The number of aliphatic hydroxyl groups excluding tert-OH is 1. The number of rotatable bonds is 4. The quantitative estimate of drug-likeness (QED) is 0.490. The van der Waals surface area contributed by atoms with Crippen LogP contribution in [0.15, 0.2) is 0 Å². The van der Waals surface area contributed by atoms with E-state index in [1.807, 2.05) is 0 Å². The number of hydrogen-bond acceptors (Lipinski definition) is 7. The second kappa shape index (κ2) is 6.14. The van der Waals surface area contributed by atoms with Crippen LogP contribution in [-0.2, 0) is 24.1 Å². The zero-order valence-electron chi connectivity index (χ0n) is 10.9. The topological polar surface area (TPSA) is 125 Å². The van der Waals surface area contributed by atoms with E-state index < -0.39 is 47.3 Å². The van der Waals surface area contributed by atoms with E-state index in [4.69, 9.17) is 4.74 Å². The van der Waals surface area contributed by atoms with Gasteiger partial charge in [-0.05, 0) is 6.92 Å². The molecule has 1 amide bonds. The van der Waals surface area contributed by atoms with Gasteiger partial charge in [0.1, 0.15) is 0 Å². The molecular formula is C10H18NO7S-. The number of carbonyl (C=O) groups excluding carboxylic acids is 1. The van der Waals surface area contributed by atoms with Crippen molar-refractivity contribution in [2.45, 2.75) is 45.1 Å². The van der Waals surface area contributed by atoms with Crippen molar-refractivity contribution in [2.75, 3.05) is 6.61 Å². The number of aliphatic hydroxyl groups is 1.